The van der Waals surface area contributed by atoms with Crippen LogP contribution in [0.25, 0.3) is 11.1 Å². The molecule has 1 heterocycles. The third-order valence-electron chi connectivity index (χ3n) is 4.31. The second-order valence-corrected chi connectivity index (χ2v) is 6.06. The molecule has 2 aromatic rings. The molecule has 0 radical (unpaired) electrons. The molecule has 1 aliphatic heterocycles. The molecule has 0 spiro atoms. The van der Waals surface area contributed by atoms with E-state index in [-0.39, 0.29) is 11.9 Å². The number of piperazine rings is 1. The molecule has 3 rings (SSSR count). The fourth-order valence-electron chi connectivity index (χ4n) is 3.07. The van der Waals surface area contributed by atoms with Crippen LogP contribution in [0.3, 0.4) is 0 Å². The van der Waals surface area contributed by atoms with Gasteiger partial charge in [-0.3, -0.25) is 4.79 Å². The number of carbonyl (C=O) groups excluding carboxylic acids is 1. The highest BCUT2D eigenvalue weighted by Gasteiger charge is 2.26. The summed E-state index contributed by atoms with van der Waals surface area (Å²) in [6, 6.07) is 18.4. The van der Waals surface area contributed by atoms with E-state index in [2.05, 4.69) is 37.1 Å². The molecule has 1 unspecified atom stereocenters. The van der Waals surface area contributed by atoms with Gasteiger partial charge in [0.2, 0.25) is 0 Å². The van der Waals surface area contributed by atoms with Crippen molar-refractivity contribution in [2.75, 3.05) is 26.7 Å². The van der Waals surface area contributed by atoms with Crippen LogP contribution < -0.4 is 0 Å². The van der Waals surface area contributed by atoms with Gasteiger partial charge in [0, 0.05) is 31.2 Å². The van der Waals surface area contributed by atoms with Crippen LogP contribution in [-0.4, -0.2) is 48.4 Å². The van der Waals surface area contributed by atoms with E-state index in [0.717, 1.165) is 36.3 Å². The zero-order chi connectivity index (χ0) is 15.5. The Bertz CT molecular complexity index is 653. The lowest BCUT2D eigenvalue weighted by molar-refractivity contribution is 0.0533. The number of amides is 1. The van der Waals surface area contributed by atoms with Crippen LogP contribution in [0.15, 0.2) is 54.6 Å². The minimum atomic E-state index is 0.137. The third-order valence-corrected chi connectivity index (χ3v) is 4.31. The van der Waals surface area contributed by atoms with Crippen LogP contribution in [0.1, 0.15) is 17.3 Å². The first-order chi connectivity index (χ1) is 10.6. The number of likely N-dealkylation sites (N-methyl/N-ethyl adjacent to an activating group) is 1. The number of benzene rings is 2. The molecule has 0 aromatic heterocycles. The van der Waals surface area contributed by atoms with Crippen molar-refractivity contribution in [2.24, 2.45) is 0 Å². The van der Waals surface area contributed by atoms with Crippen LogP contribution in [0.5, 0.6) is 0 Å². The molecule has 1 aliphatic rings. The summed E-state index contributed by atoms with van der Waals surface area (Å²) in [4.78, 5) is 17.1. The van der Waals surface area contributed by atoms with Crippen molar-refractivity contribution in [2.45, 2.75) is 13.0 Å². The second kappa shape index (κ2) is 6.32. The minimum absolute atomic E-state index is 0.137. The Hall–Kier alpha value is -2.13. The normalized spacial score (nSPS) is 19.2. The maximum absolute atomic E-state index is 12.8. The van der Waals surface area contributed by atoms with Crippen molar-refractivity contribution in [3.05, 3.63) is 60.2 Å². The zero-order valence-corrected chi connectivity index (χ0v) is 13.2. The largest absolute Gasteiger partial charge is 0.333 e. The Kier molecular flexibility index (Phi) is 4.25. The lowest BCUT2D eigenvalue weighted by Gasteiger charge is -2.38. The molecule has 0 saturated carbocycles. The van der Waals surface area contributed by atoms with Crippen molar-refractivity contribution in [3.63, 3.8) is 0 Å². The molecule has 1 amide bonds. The molecule has 2 aromatic carbocycles. The molecule has 1 saturated heterocycles. The fraction of sp³-hybridized carbons (Fsp3) is 0.316. The quantitative estimate of drug-likeness (QED) is 0.849. The lowest BCUT2D eigenvalue weighted by Crippen LogP contribution is -2.52. The van der Waals surface area contributed by atoms with Gasteiger partial charge in [-0.2, -0.15) is 0 Å². The highest BCUT2D eigenvalue weighted by molar-refractivity contribution is 5.95. The van der Waals surface area contributed by atoms with Crippen LogP contribution in [0.4, 0.5) is 0 Å². The smallest absolute Gasteiger partial charge is 0.254 e. The summed E-state index contributed by atoms with van der Waals surface area (Å²) in [5.41, 5.74) is 3.01. The SMILES string of the molecule is CC1CN(C)CCN1C(=O)c1cccc(-c2ccccc2)c1. The van der Waals surface area contributed by atoms with Gasteiger partial charge in [0.05, 0.1) is 0 Å². The van der Waals surface area contributed by atoms with Crippen molar-refractivity contribution >= 4 is 5.91 Å². The Balaban J connectivity index is 1.84. The van der Waals surface area contributed by atoms with Gasteiger partial charge in [-0.25, -0.2) is 0 Å². The molecule has 1 fully saturated rings. The summed E-state index contributed by atoms with van der Waals surface area (Å²) >= 11 is 0. The van der Waals surface area contributed by atoms with E-state index in [1.807, 2.05) is 41.3 Å². The lowest BCUT2D eigenvalue weighted by atomic mass is 10.0. The molecule has 0 bridgehead atoms. The molecule has 0 aliphatic carbocycles. The molecule has 1 atom stereocenters. The zero-order valence-electron chi connectivity index (χ0n) is 13.2. The molecule has 3 heteroatoms. The monoisotopic (exact) mass is 294 g/mol. The predicted octanol–water partition coefficient (Wildman–Crippen LogP) is 3.13. The first kappa shape index (κ1) is 14.8. The summed E-state index contributed by atoms with van der Waals surface area (Å²) in [6.45, 7) is 4.79. The van der Waals surface area contributed by atoms with Gasteiger partial charge in [0.15, 0.2) is 0 Å². The van der Waals surface area contributed by atoms with E-state index in [0.29, 0.717) is 0 Å². The Morgan fingerprint density at radius 1 is 1.00 bits per heavy atom. The van der Waals surface area contributed by atoms with Gasteiger partial charge in [-0.15, -0.1) is 0 Å². The molecular formula is C19H22N2O. The van der Waals surface area contributed by atoms with Crippen molar-refractivity contribution in [3.8, 4) is 11.1 Å². The van der Waals surface area contributed by atoms with Crippen molar-refractivity contribution in [1.29, 1.82) is 0 Å². The first-order valence-electron chi connectivity index (χ1n) is 7.80. The van der Waals surface area contributed by atoms with E-state index >= 15 is 0 Å². The Morgan fingerprint density at radius 2 is 1.73 bits per heavy atom. The van der Waals surface area contributed by atoms with E-state index in [1.54, 1.807) is 0 Å². The summed E-state index contributed by atoms with van der Waals surface area (Å²) in [7, 11) is 2.11. The van der Waals surface area contributed by atoms with Gasteiger partial charge in [-0.05, 0) is 37.2 Å². The van der Waals surface area contributed by atoms with Crippen LogP contribution >= 0.6 is 0 Å². The highest BCUT2D eigenvalue weighted by atomic mass is 16.2. The average Bonchev–Trinajstić information content (AvgIpc) is 2.55. The summed E-state index contributed by atoms with van der Waals surface area (Å²) in [5.74, 6) is 0.137. The second-order valence-electron chi connectivity index (χ2n) is 6.06. The Morgan fingerprint density at radius 3 is 2.45 bits per heavy atom. The van der Waals surface area contributed by atoms with Crippen molar-refractivity contribution < 1.29 is 4.79 Å². The van der Waals surface area contributed by atoms with E-state index in [9.17, 15) is 4.79 Å². The summed E-state index contributed by atoms with van der Waals surface area (Å²) in [6.07, 6.45) is 0. The summed E-state index contributed by atoms with van der Waals surface area (Å²) < 4.78 is 0. The average molecular weight is 294 g/mol. The standard InChI is InChI=1S/C19H22N2O/c1-15-14-20(2)11-12-21(15)19(22)18-10-6-9-17(13-18)16-7-4-3-5-8-16/h3-10,13,15H,11-12,14H2,1-2H3. The number of carbonyl (C=O) groups is 1. The number of hydrogen-bond donors (Lipinski definition) is 0. The molecular weight excluding hydrogens is 272 g/mol. The van der Waals surface area contributed by atoms with Gasteiger partial charge in [0.1, 0.15) is 0 Å². The number of rotatable bonds is 2. The van der Waals surface area contributed by atoms with Gasteiger partial charge < -0.3 is 9.80 Å². The van der Waals surface area contributed by atoms with Crippen LogP contribution in [-0.2, 0) is 0 Å². The maximum atomic E-state index is 12.8. The van der Waals surface area contributed by atoms with Crippen molar-refractivity contribution in [1.82, 2.24) is 9.80 Å². The van der Waals surface area contributed by atoms with Crippen LogP contribution in [0.2, 0.25) is 0 Å². The first-order valence-corrected chi connectivity index (χ1v) is 7.80. The van der Waals surface area contributed by atoms with E-state index in [1.165, 1.54) is 0 Å². The van der Waals surface area contributed by atoms with Gasteiger partial charge in [0.25, 0.3) is 5.91 Å². The number of nitrogens with zero attached hydrogens (tertiary/aromatic N) is 2. The minimum Gasteiger partial charge on any atom is -0.333 e. The maximum Gasteiger partial charge on any atom is 0.254 e. The summed E-state index contributed by atoms with van der Waals surface area (Å²) in [5, 5.41) is 0. The van der Waals surface area contributed by atoms with Gasteiger partial charge in [-0.1, -0.05) is 42.5 Å². The molecule has 3 nitrogen and oxygen atoms in total. The molecule has 114 valence electrons. The predicted molar refractivity (Wildman–Crippen MR) is 89.9 cm³/mol. The highest BCUT2D eigenvalue weighted by Crippen LogP contribution is 2.21. The van der Waals surface area contributed by atoms with Crippen LogP contribution in [0, 0.1) is 0 Å². The molecule has 22 heavy (non-hydrogen) atoms. The fourth-order valence-corrected chi connectivity index (χ4v) is 3.07. The van der Waals surface area contributed by atoms with Gasteiger partial charge >= 0.3 is 0 Å². The number of hydrogen-bond acceptors (Lipinski definition) is 2. The van der Waals surface area contributed by atoms with E-state index < -0.39 is 0 Å². The van der Waals surface area contributed by atoms with E-state index in [4.69, 9.17) is 0 Å². The Labute approximate surface area is 132 Å². The third kappa shape index (κ3) is 3.04. The molecule has 0 N–H and O–H groups in total. The topological polar surface area (TPSA) is 23.6 Å².